The second-order valence-electron chi connectivity index (χ2n) is 5.51. The third-order valence-corrected chi connectivity index (χ3v) is 4.03. The average molecular weight is 285 g/mol. The Morgan fingerprint density at radius 2 is 1.95 bits per heavy atom. The summed E-state index contributed by atoms with van der Waals surface area (Å²) in [5, 5.41) is 3.50. The molecule has 0 spiro atoms. The first-order valence-electron chi connectivity index (χ1n) is 7.38. The number of nitrogens with one attached hydrogen (secondary N) is 1. The Bertz CT molecular complexity index is 654. The Morgan fingerprint density at radius 3 is 2.71 bits per heavy atom. The first kappa shape index (κ1) is 14.2. The molecule has 2 nitrogen and oxygen atoms in total. The number of halogens is 1. The molecule has 110 valence electrons. The molecule has 1 N–H and O–H groups in total. The number of rotatable bonds is 4. The summed E-state index contributed by atoms with van der Waals surface area (Å²) in [7, 11) is 0. The highest BCUT2D eigenvalue weighted by Gasteiger charge is 2.18. The summed E-state index contributed by atoms with van der Waals surface area (Å²) in [6.07, 6.45) is 0. The van der Waals surface area contributed by atoms with Gasteiger partial charge in [-0.1, -0.05) is 31.2 Å². The molecule has 0 amide bonds. The summed E-state index contributed by atoms with van der Waals surface area (Å²) in [4.78, 5) is 0. The lowest BCUT2D eigenvalue weighted by Crippen LogP contribution is -2.23. The number of hydrogen-bond acceptors (Lipinski definition) is 2. The van der Waals surface area contributed by atoms with Gasteiger partial charge in [-0.15, -0.1) is 0 Å². The van der Waals surface area contributed by atoms with E-state index >= 15 is 0 Å². The summed E-state index contributed by atoms with van der Waals surface area (Å²) in [5.41, 5.74) is 5.82. The van der Waals surface area contributed by atoms with Crippen molar-refractivity contribution in [3.05, 3.63) is 70.0 Å². The molecule has 2 aromatic rings. The lowest BCUT2D eigenvalue weighted by Gasteiger charge is -2.21. The standard InChI is InChI=1S/C18H20FNO/c1-3-20-18(17-7-6-16(19)8-12(17)2)13-4-5-14-10-21-11-15(14)9-13/h4-9,18,20H,3,10-11H2,1-2H3. The van der Waals surface area contributed by atoms with Crippen molar-refractivity contribution in [1.29, 1.82) is 0 Å². The first-order valence-corrected chi connectivity index (χ1v) is 7.38. The van der Waals surface area contributed by atoms with E-state index in [1.54, 1.807) is 6.07 Å². The zero-order valence-corrected chi connectivity index (χ0v) is 12.4. The quantitative estimate of drug-likeness (QED) is 0.921. The molecule has 0 aromatic heterocycles. The maximum absolute atomic E-state index is 13.3. The van der Waals surface area contributed by atoms with Crippen molar-refractivity contribution in [2.45, 2.75) is 33.1 Å². The number of fused-ring (bicyclic) bond motifs is 1. The van der Waals surface area contributed by atoms with Crippen molar-refractivity contribution in [2.24, 2.45) is 0 Å². The summed E-state index contributed by atoms with van der Waals surface area (Å²) in [6.45, 7) is 6.29. The second-order valence-corrected chi connectivity index (χ2v) is 5.51. The molecule has 1 aliphatic heterocycles. The molecule has 21 heavy (non-hydrogen) atoms. The maximum atomic E-state index is 13.3. The summed E-state index contributed by atoms with van der Waals surface area (Å²) in [6, 6.07) is 11.6. The van der Waals surface area contributed by atoms with Gasteiger partial charge in [-0.05, 0) is 53.4 Å². The molecular weight excluding hydrogens is 265 g/mol. The van der Waals surface area contributed by atoms with Gasteiger partial charge in [0.05, 0.1) is 19.3 Å². The molecule has 1 unspecified atom stereocenters. The van der Waals surface area contributed by atoms with E-state index in [1.165, 1.54) is 22.8 Å². The molecule has 0 bridgehead atoms. The van der Waals surface area contributed by atoms with Gasteiger partial charge in [0.2, 0.25) is 0 Å². The van der Waals surface area contributed by atoms with E-state index in [0.717, 1.165) is 17.7 Å². The first-order chi connectivity index (χ1) is 10.2. The Kier molecular flexibility index (Phi) is 4.04. The lowest BCUT2D eigenvalue weighted by molar-refractivity contribution is 0.134. The van der Waals surface area contributed by atoms with Gasteiger partial charge < -0.3 is 10.1 Å². The molecule has 1 heterocycles. The topological polar surface area (TPSA) is 21.3 Å². The number of hydrogen-bond donors (Lipinski definition) is 1. The van der Waals surface area contributed by atoms with Crippen LogP contribution in [0.4, 0.5) is 4.39 Å². The van der Waals surface area contributed by atoms with Gasteiger partial charge in [-0.25, -0.2) is 4.39 Å². The van der Waals surface area contributed by atoms with E-state index < -0.39 is 0 Å². The molecule has 3 heteroatoms. The largest absolute Gasteiger partial charge is 0.372 e. The molecule has 2 aromatic carbocycles. The SMILES string of the molecule is CCNC(c1ccc2c(c1)COC2)c1ccc(F)cc1C. The van der Waals surface area contributed by atoms with Gasteiger partial charge in [-0.3, -0.25) is 0 Å². The molecule has 1 aliphatic rings. The van der Waals surface area contributed by atoms with E-state index in [4.69, 9.17) is 4.74 Å². The van der Waals surface area contributed by atoms with Crippen molar-refractivity contribution in [3.63, 3.8) is 0 Å². The van der Waals surface area contributed by atoms with Crippen LogP contribution in [0.15, 0.2) is 36.4 Å². The summed E-state index contributed by atoms with van der Waals surface area (Å²) >= 11 is 0. The van der Waals surface area contributed by atoms with Crippen LogP contribution in [0.3, 0.4) is 0 Å². The van der Waals surface area contributed by atoms with Gasteiger partial charge in [0.25, 0.3) is 0 Å². The third kappa shape index (κ3) is 2.85. The van der Waals surface area contributed by atoms with Crippen LogP contribution < -0.4 is 5.32 Å². The van der Waals surface area contributed by atoms with Crippen molar-refractivity contribution in [2.75, 3.05) is 6.54 Å². The van der Waals surface area contributed by atoms with E-state index in [0.29, 0.717) is 13.2 Å². The molecule has 3 rings (SSSR count). The van der Waals surface area contributed by atoms with Crippen LogP contribution in [0.25, 0.3) is 0 Å². The van der Waals surface area contributed by atoms with Crippen molar-refractivity contribution >= 4 is 0 Å². The van der Waals surface area contributed by atoms with Gasteiger partial charge in [0, 0.05) is 0 Å². The summed E-state index contributed by atoms with van der Waals surface area (Å²) in [5.74, 6) is -0.186. The van der Waals surface area contributed by atoms with Crippen LogP contribution in [0.5, 0.6) is 0 Å². The van der Waals surface area contributed by atoms with Crippen LogP contribution in [0.2, 0.25) is 0 Å². The fourth-order valence-electron chi connectivity index (χ4n) is 2.95. The minimum Gasteiger partial charge on any atom is -0.372 e. The zero-order chi connectivity index (χ0) is 14.8. The van der Waals surface area contributed by atoms with Crippen LogP contribution >= 0.6 is 0 Å². The van der Waals surface area contributed by atoms with Gasteiger partial charge in [0.1, 0.15) is 5.82 Å². The lowest BCUT2D eigenvalue weighted by atomic mass is 9.93. The molecular formula is C18H20FNO. The molecule has 1 atom stereocenters. The minimum atomic E-state index is -0.186. The Labute approximate surface area is 125 Å². The second kappa shape index (κ2) is 5.96. The molecule has 0 saturated carbocycles. The smallest absolute Gasteiger partial charge is 0.123 e. The van der Waals surface area contributed by atoms with E-state index in [2.05, 4.69) is 30.4 Å². The van der Waals surface area contributed by atoms with Gasteiger partial charge in [-0.2, -0.15) is 0 Å². The number of ether oxygens (including phenoxy) is 1. The van der Waals surface area contributed by atoms with E-state index in [9.17, 15) is 4.39 Å². The van der Waals surface area contributed by atoms with Crippen LogP contribution in [0, 0.1) is 12.7 Å². The predicted octanol–water partition coefficient (Wildman–Crippen LogP) is 3.86. The predicted molar refractivity (Wildman–Crippen MR) is 81.6 cm³/mol. The Hall–Kier alpha value is -1.71. The monoisotopic (exact) mass is 285 g/mol. The van der Waals surface area contributed by atoms with Gasteiger partial charge >= 0.3 is 0 Å². The molecule has 0 aliphatic carbocycles. The number of benzene rings is 2. The highest BCUT2D eigenvalue weighted by Crippen LogP contribution is 2.29. The maximum Gasteiger partial charge on any atom is 0.123 e. The van der Waals surface area contributed by atoms with Crippen LogP contribution in [0.1, 0.15) is 40.8 Å². The fraction of sp³-hybridized carbons (Fsp3) is 0.333. The highest BCUT2D eigenvalue weighted by molar-refractivity contribution is 5.41. The van der Waals surface area contributed by atoms with Crippen molar-refractivity contribution in [3.8, 4) is 0 Å². The van der Waals surface area contributed by atoms with Gasteiger partial charge in [0.15, 0.2) is 0 Å². The van der Waals surface area contributed by atoms with Crippen LogP contribution in [-0.4, -0.2) is 6.54 Å². The zero-order valence-electron chi connectivity index (χ0n) is 12.4. The molecule has 0 radical (unpaired) electrons. The average Bonchev–Trinajstić information content (AvgIpc) is 2.93. The Morgan fingerprint density at radius 1 is 1.14 bits per heavy atom. The fourth-order valence-corrected chi connectivity index (χ4v) is 2.95. The van der Waals surface area contributed by atoms with Crippen molar-refractivity contribution in [1.82, 2.24) is 5.32 Å². The van der Waals surface area contributed by atoms with Crippen molar-refractivity contribution < 1.29 is 9.13 Å². The van der Waals surface area contributed by atoms with E-state index in [-0.39, 0.29) is 11.9 Å². The molecule has 0 fully saturated rings. The highest BCUT2D eigenvalue weighted by atomic mass is 19.1. The number of aryl methyl sites for hydroxylation is 1. The summed E-state index contributed by atoms with van der Waals surface area (Å²) < 4.78 is 18.8. The minimum absolute atomic E-state index is 0.0847. The Balaban J connectivity index is 2.01. The van der Waals surface area contributed by atoms with E-state index in [1.807, 2.05) is 13.0 Å². The molecule has 0 saturated heterocycles. The normalized spacial score (nSPS) is 15.0. The third-order valence-electron chi connectivity index (χ3n) is 4.03. The van der Waals surface area contributed by atoms with Crippen LogP contribution in [-0.2, 0) is 18.0 Å².